The number of hydrogen-bond donors (Lipinski definition) is 1. The third-order valence-corrected chi connectivity index (χ3v) is 7.24. The third-order valence-electron chi connectivity index (χ3n) is 7.24. The van der Waals surface area contributed by atoms with E-state index in [1.807, 2.05) is 0 Å². The van der Waals surface area contributed by atoms with Crippen LogP contribution in [0, 0.1) is 11.3 Å². The van der Waals surface area contributed by atoms with Crippen molar-refractivity contribution in [3.8, 4) is 0 Å². The number of fused-ring (bicyclic) bond motifs is 1. The molecule has 1 spiro atoms. The number of nitrogens with zero attached hydrogens (tertiary/aromatic N) is 3. The molecule has 2 aliphatic rings. The Hall–Kier alpha value is -1.36. The van der Waals surface area contributed by atoms with E-state index in [4.69, 9.17) is 0 Å². The van der Waals surface area contributed by atoms with Crippen molar-refractivity contribution in [2.24, 2.45) is 18.4 Å². The predicted molar refractivity (Wildman–Crippen MR) is 112 cm³/mol. The normalized spacial score (nSPS) is 24.0. The van der Waals surface area contributed by atoms with E-state index in [0.717, 1.165) is 19.6 Å². The van der Waals surface area contributed by atoms with E-state index in [1.165, 1.54) is 61.8 Å². The van der Waals surface area contributed by atoms with E-state index in [2.05, 4.69) is 58.8 Å². The summed E-state index contributed by atoms with van der Waals surface area (Å²) in [6.07, 6.45) is 7.15. The molecule has 0 unspecified atom stereocenters. The average molecular weight is 370 g/mol. The standard InChI is InChI=1S/C23H35N3O/c1-3-10-25-12-7-23(8-13-25)9-14-26(17-21(23)18-27)16-19-4-5-22-20(15-19)6-11-24(22)2/h4-6,11,15,21,27H,3,7-10,12-14,16-18H2,1-2H3/t21-/m1/s1. The van der Waals surface area contributed by atoms with Crippen LogP contribution in [-0.2, 0) is 13.6 Å². The first kappa shape index (κ1) is 19.0. The van der Waals surface area contributed by atoms with Crippen LogP contribution in [0.25, 0.3) is 10.9 Å². The summed E-state index contributed by atoms with van der Waals surface area (Å²) in [5.41, 5.74) is 3.06. The number of hydrogen-bond acceptors (Lipinski definition) is 3. The molecule has 1 aromatic heterocycles. The van der Waals surface area contributed by atoms with Crippen molar-refractivity contribution in [2.75, 3.05) is 39.3 Å². The van der Waals surface area contributed by atoms with Gasteiger partial charge in [-0.25, -0.2) is 0 Å². The number of aliphatic hydroxyl groups excluding tert-OH is 1. The van der Waals surface area contributed by atoms with Gasteiger partial charge in [0.25, 0.3) is 0 Å². The van der Waals surface area contributed by atoms with Crippen molar-refractivity contribution in [1.29, 1.82) is 0 Å². The van der Waals surface area contributed by atoms with Gasteiger partial charge in [0.1, 0.15) is 0 Å². The molecule has 2 saturated heterocycles. The van der Waals surface area contributed by atoms with Crippen molar-refractivity contribution in [3.63, 3.8) is 0 Å². The number of rotatable bonds is 5. The van der Waals surface area contributed by atoms with Crippen LogP contribution < -0.4 is 0 Å². The van der Waals surface area contributed by atoms with E-state index in [9.17, 15) is 5.11 Å². The summed E-state index contributed by atoms with van der Waals surface area (Å²) in [5, 5.41) is 11.5. The maximum absolute atomic E-state index is 10.2. The van der Waals surface area contributed by atoms with Gasteiger partial charge < -0.3 is 14.6 Å². The monoisotopic (exact) mass is 369 g/mol. The van der Waals surface area contributed by atoms with Crippen molar-refractivity contribution in [1.82, 2.24) is 14.4 Å². The minimum Gasteiger partial charge on any atom is -0.396 e. The summed E-state index contributed by atoms with van der Waals surface area (Å²) in [5.74, 6) is 0.426. The second kappa shape index (κ2) is 7.94. The number of aliphatic hydroxyl groups is 1. The summed E-state index contributed by atoms with van der Waals surface area (Å²) in [7, 11) is 2.10. The van der Waals surface area contributed by atoms with Crippen LogP contribution in [0.4, 0.5) is 0 Å². The molecule has 0 saturated carbocycles. The zero-order valence-electron chi connectivity index (χ0n) is 17.0. The molecule has 2 aromatic rings. The highest BCUT2D eigenvalue weighted by Crippen LogP contribution is 2.45. The van der Waals surface area contributed by atoms with Gasteiger partial charge in [-0.1, -0.05) is 13.0 Å². The Labute approximate surface area is 163 Å². The molecular weight excluding hydrogens is 334 g/mol. The first-order chi connectivity index (χ1) is 13.1. The number of piperidine rings is 2. The quantitative estimate of drug-likeness (QED) is 0.875. The summed E-state index contributed by atoms with van der Waals surface area (Å²) in [6.45, 7) is 9.47. The molecule has 1 atom stereocenters. The maximum atomic E-state index is 10.2. The van der Waals surface area contributed by atoms with Gasteiger partial charge in [0.15, 0.2) is 0 Å². The highest BCUT2D eigenvalue weighted by molar-refractivity contribution is 5.80. The molecule has 1 aromatic carbocycles. The third kappa shape index (κ3) is 3.80. The molecule has 27 heavy (non-hydrogen) atoms. The summed E-state index contributed by atoms with van der Waals surface area (Å²) < 4.78 is 2.18. The van der Waals surface area contributed by atoms with E-state index >= 15 is 0 Å². The lowest BCUT2D eigenvalue weighted by atomic mass is 9.64. The Morgan fingerprint density at radius 1 is 1.07 bits per heavy atom. The molecular formula is C23H35N3O. The molecule has 2 aliphatic heterocycles. The van der Waals surface area contributed by atoms with Gasteiger partial charge in [-0.05, 0) is 86.4 Å². The van der Waals surface area contributed by atoms with E-state index in [0.29, 0.717) is 17.9 Å². The highest BCUT2D eigenvalue weighted by Gasteiger charge is 2.44. The number of benzene rings is 1. The van der Waals surface area contributed by atoms with Crippen LogP contribution in [0.2, 0.25) is 0 Å². The van der Waals surface area contributed by atoms with Gasteiger partial charge in [-0.3, -0.25) is 4.90 Å². The second-order valence-corrected chi connectivity index (χ2v) is 8.89. The van der Waals surface area contributed by atoms with Gasteiger partial charge in [0.05, 0.1) is 0 Å². The second-order valence-electron chi connectivity index (χ2n) is 8.89. The minimum absolute atomic E-state index is 0.335. The maximum Gasteiger partial charge on any atom is 0.0477 e. The Morgan fingerprint density at radius 3 is 2.52 bits per heavy atom. The molecule has 148 valence electrons. The topological polar surface area (TPSA) is 31.6 Å². The predicted octanol–water partition coefficient (Wildman–Crippen LogP) is 3.48. The van der Waals surface area contributed by atoms with Crippen molar-refractivity contribution in [2.45, 2.75) is 39.2 Å². The molecule has 0 bridgehead atoms. The summed E-state index contributed by atoms with van der Waals surface area (Å²) in [4.78, 5) is 5.18. The van der Waals surface area contributed by atoms with Crippen molar-refractivity contribution < 1.29 is 5.11 Å². The molecule has 0 radical (unpaired) electrons. The van der Waals surface area contributed by atoms with Crippen LogP contribution in [0.5, 0.6) is 0 Å². The fourth-order valence-corrected chi connectivity index (χ4v) is 5.46. The van der Waals surface area contributed by atoms with Gasteiger partial charge in [-0.2, -0.15) is 0 Å². The van der Waals surface area contributed by atoms with Gasteiger partial charge in [0, 0.05) is 44.4 Å². The van der Waals surface area contributed by atoms with Gasteiger partial charge >= 0.3 is 0 Å². The highest BCUT2D eigenvalue weighted by atomic mass is 16.3. The molecule has 0 aliphatic carbocycles. The van der Waals surface area contributed by atoms with Crippen LogP contribution in [0.15, 0.2) is 30.5 Å². The molecule has 1 N–H and O–H groups in total. The lowest BCUT2D eigenvalue weighted by molar-refractivity contribution is -0.0436. The minimum atomic E-state index is 0.335. The van der Waals surface area contributed by atoms with Gasteiger partial charge in [-0.15, -0.1) is 0 Å². The van der Waals surface area contributed by atoms with Crippen molar-refractivity contribution >= 4 is 10.9 Å². The Bertz CT molecular complexity index is 760. The SMILES string of the molecule is CCCN1CCC2(CC1)CCN(Cc1ccc3c(ccn3C)c1)C[C@@H]2CO. The van der Waals surface area contributed by atoms with Crippen LogP contribution >= 0.6 is 0 Å². The number of aromatic nitrogens is 1. The Morgan fingerprint density at radius 2 is 1.81 bits per heavy atom. The lowest BCUT2D eigenvalue weighted by Gasteiger charge is -2.51. The number of aryl methyl sites for hydroxylation is 1. The zero-order valence-corrected chi connectivity index (χ0v) is 17.0. The zero-order chi connectivity index (χ0) is 18.9. The number of likely N-dealkylation sites (tertiary alicyclic amines) is 2. The molecule has 4 heteroatoms. The Kier molecular flexibility index (Phi) is 5.58. The summed E-state index contributed by atoms with van der Waals surface area (Å²) in [6, 6.07) is 9.04. The van der Waals surface area contributed by atoms with E-state index in [-0.39, 0.29) is 0 Å². The van der Waals surface area contributed by atoms with Gasteiger partial charge in [0.2, 0.25) is 0 Å². The average Bonchev–Trinajstić information content (AvgIpc) is 3.06. The Balaban J connectivity index is 1.40. The molecule has 4 nitrogen and oxygen atoms in total. The van der Waals surface area contributed by atoms with Crippen LogP contribution in [0.1, 0.15) is 38.2 Å². The first-order valence-corrected chi connectivity index (χ1v) is 10.7. The molecule has 2 fully saturated rings. The van der Waals surface area contributed by atoms with E-state index < -0.39 is 0 Å². The lowest BCUT2D eigenvalue weighted by Crippen LogP contribution is -2.53. The first-order valence-electron chi connectivity index (χ1n) is 10.7. The molecule has 3 heterocycles. The summed E-state index contributed by atoms with van der Waals surface area (Å²) >= 11 is 0. The largest absolute Gasteiger partial charge is 0.396 e. The van der Waals surface area contributed by atoms with Crippen molar-refractivity contribution in [3.05, 3.63) is 36.0 Å². The fourth-order valence-electron chi connectivity index (χ4n) is 5.46. The van der Waals surface area contributed by atoms with Crippen LogP contribution in [-0.4, -0.2) is 58.8 Å². The van der Waals surface area contributed by atoms with Crippen LogP contribution in [0.3, 0.4) is 0 Å². The smallest absolute Gasteiger partial charge is 0.0477 e. The van der Waals surface area contributed by atoms with E-state index in [1.54, 1.807) is 0 Å². The molecule has 4 rings (SSSR count). The fraction of sp³-hybridized carbons (Fsp3) is 0.652. The molecule has 0 amide bonds.